The van der Waals surface area contributed by atoms with Crippen LogP contribution < -0.4 is 11.1 Å². The Morgan fingerprint density at radius 2 is 2.07 bits per heavy atom. The van der Waals surface area contributed by atoms with Crippen LogP contribution in [-0.4, -0.2) is 30.2 Å². The quantitative estimate of drug-likeness (QED) is 0.628. The molecule has 0 aliphatic heterocycles. The summed E-state index contributed by atoms with van der Waals surface area (Å²) < 4.78 is 0. The van der Waals surface area contributed by atoms with Crippen molar-refractivity contribution in [2.24, 2.45) is 17.6 Å². The molecular formula is C11H22N2O2. The van der Waals surface area contributed by atoms with E-state index < -0.39 is 6.04 Å². The van der Waals surface area contributed by atoms with Crippen molar-refractivity contribution in [1.29, 1.82) is 0 Å². The highest BCUT2D eigenvalue weighted by Crippen LogP contribution is 2.28. The van der Waals surface area contributed by atoms with Crippen molar-refractivity contribution in [3.8, 4) is 0 Å². The fourth-order valence-corrected chi connectivity index (χ4v) is 2.19. The van der Waals surface area contributed by atoms with Gasteiger partial charge in [0.15, 0.2) is 0 Å². The van der Waals surface area contributed by atoms with Crippen molar-refractivity contribution in [3.05, 3.63) is 0 Å². The van der Waals surface area contributed by atoms with Gasteiger partial charge in [-0.2, -0.15) is 0 Å². The van der Waals surface area contributed by atoms with E-state index in [0.29, 0.717) is 18.4 Å². The van der Waals surface area contributed by atoms with Crippen molar-refractivity contribution in [1.82, 2.24) is 5.32 Å². The highest BCUT2D eigenvalue weighted by atomic mass is 16.3. The van der Waals surface area contributed by atoms with Gasteiger partial charge in [-0.25, -0.2) is 0 Å². The molecule has 1 rings (SSSR count). The minimum atomic E-state index is -0.443. The highest BCUT2D eigenvalue weighted by molar-refractivity contribution is 5.80. The first-order valence-electron chi connectivity index (χ1n) is 5.79. The summed E-state index contributed by atoms with van der Waals surface area (Å²) in [7, 11) is 0. The van der Waals surface area contributed by atoms with E-state index in [1.807, 2.05) is 0 Å². The molecule has 4 N–H and O–H groups in total. The third kappa shape index (κ3) is 3.80. The molecule has 1 aliphatic carbocycles. The van der Waals surface area contributed by atoms with Gasteiger partial charge in [-0.3, -0.25) is 4.79 Å². The average molecular weight is 214 g/mol. The first kappa shape index (κ1) is 12.5. The van der Waals surface area contributed by atoms with Gasteiger partial charge >= 0.3 is 0 Å². The second kappa shape index (κ2) is 6.08. The van der Waals surface area contributed by atoms with Crippen molar-refractivity contribution >= 4 is 5.91 Å². The number of rotatable bonds is 4. The zero-order chi connectivity index (χ0) is 11.3. The second-order valence-corrected chi connectivity index (χ2v) is 4.52. The lowest BCUT2D eigenvalue weighted by atomic mass is 9.79. The van der Waals surface area contributed by atoms with Crippen LogP contribution in [0.5, 0.6) is 0 Å². The van der Waals surface area contributed by atoms with E-state index in [0.717, 1.165) is 12.8 Å². The number of amides is 1. The number of aliphatic hydroxyl groups is 1. The summed E-state index contributed by atoms with van der Waals surface area (Å²) in [6.07, 6.45) is 4.58. The van der Waals surface area contributed by atoms with E-state index in [4.69, 9.17) is 5.73 Å². The SMILES string of the molecule is C[C@H](N)C(=O)NCC1CCCCC1CO. The van der Waals surface area contributed by atoms with Crippen molar-refractivity contribution in [2.45, 2.75) is 38.6 Å². The summed E-state index contributed by atoms with van der Waals surface area (Å²) >= 11 is 0. The van der Waals surface area contributed by atoms with Gasteiger partial charge in [-0.1, -0.05) is 12.8 Å². The summed E-state index contributed by atoms with van der Waals surface area (Å²) in [5, 5.41) is 12.0. The Labute approximate surface area is 91.2 Å². The summed E-state index contributed by atoms with van der Waals surface area (Å²) in [6, 6.07) is -0.443. The molecule has 15 heavy (non-hydrogen) atoms. The molecule has 0 aromatic rings. The predicted octanol–water partition coefficient (Wildman–Crippen LogP) is 0.248. The van der Waals surface area contributed by atoms with Gasteiger partial charge in [0.25, 0.3) is 0 Å². The molecule has 0 aromatic carbocycles. The van der Waals surface area contributed by atoms with Crippen LogP contribution in [-0.2, 0) is 4.79 Å². The topological polar surface area (TPSA) is 75.4 Å². The standard InChI is InChI=1S/C11H22N2O2/c1-8(12)11(15)13-6-9-4-2-3-5-10(9)7-14/h8-10,14H,2-7,12H2,1H3,(H,13,15)/t8-,9?,10?/m0/s1. The van der Waals surface area contributed by atoms with Crippen LogP contribution in [0.4, 0.5) is 0 Å². The molecule has 4 heteroatoms. The Morgan fingerprint density at radius 1 is 1.47 bits per heavy atom. The monoisotopic (exact) mass is 214 g/mol. The van der Waals surface area contributed by atoms with Crippen molar-refractivity contribution < 1.29 is 9.90 Å². The van der Waals surface area contributed by atoms with Gasteiger partial charge in [0, 0.05) is 13.2 Å². The number of nitrogens with one attached hydrogen (secondary N) is 1. The van der Waals surface area contributed by atoms with Crippen LogP contribution in [0.25, 0.3) is 0 Å². The number of hydrogen-bond donors (Lipinski definition) is 3. The van der Waals surface area contributed by atoms with E-state index in [1.54, 1.807) is 6.92 Å². The molecule has 2 unspecified atom stereocenters. The number of hydrogen-bond acceptors (Lipinski definition) is 3. The molecule has 4 nitrogen and oxygen atoms in total. The van der Waals surface area contributed by atoms with Crippen LogP contribution in [0, 0.1) is 11.8 Å². The first-order valence-corrected chi connectivity index (χ1v) is 5.79. The van der Waals surface area contributed by atoms with Crippen LogP contribution >= 0.6 is 0 Å². The third-order valence-electron chi connectivity index (χ3n) is 3.25. The molecule has 0 saturated heterocycles. The number of nitrogens with two attached hydrogens (primary N) is 1. The molecule has 0 radical (unpaired) electrons. The van der Waals surface area contributed by atoms with Gasteiger partial charge in [-0.05, 0) is 31.6 Å². The third-order valence-corrected chi connectivity index (χ3v) is 3.25. The predicted molar refractivity (Wildman–Crippen MR) is 59.2 cm³/mol. The molecule has 0 heterocycles. The van der Waals surface area contributed by atoms with Gasteiger partial charge in [0.05, 0.1) is 6.04 Å². The second-order valence-electron chi connectivity index (χ2n) is 4.52. The zero-order valence-electron chi connectivity index (χ0n) is 9.41. The molecule has 1 fully saturated rings. The van der Waals surface area contributed by atoms with E-state index in [2.05, 4.69) is 5.32 Å². The highest BCUT2D eigenvalue weighted by Gasteiger charge is 2.24. The van der Waals surface area contributed by atoms with Gasteiger partial charge in [0.1, 0.15) is 0 Å². The summed E-state index contributed by atoms with van der Waals surface area (Å²) in [4.78, 5) is 11.3. The number of aliphatic hydroxyl groups excluding tert-OH is 1. The molecule has 1 saturated carbocycles. The fourth-order valence-electron chi connectivity index (χ4n) is 2.19. The number of carbonyl (C=O) groups is 1. The molecule has 3 atom stereocenters. The Bertz CT molecular complexity index is 207. The van der Waals surface area contributed by atoms with Crippen LogP contribution in [0.2, 0.25) is 0 Å². The zero-order valence-corrected chi connectivity index (χ0v) is 9.41. The first-order chi connectivity index (χ1) is 7.15. The van der Waals surface area contributed by atoms with Crippen LogP contribution in [0.1, 0.15) is 32.6 Å². The minimum Gasteiger partial charge on any atom is -0.396 e. The van der Waals surface area contributed by atoms with Crippen LogP contribution in [0.15, 0.2) is 0 Å². The summed E-state index contributed by atoms with van der Waals surface area (Å²) in [5.74, 6) is 0.677. The maximum atomic E-state index is 11.3. The molecule has 88 valence electrons. The van der Waals surface area contributed by atoms with E-state index in [-0.39, 0.29) is 12.5 Å². The lowest BCUT2D eigenvalue weighted by Crippen LogP contribution is -2.42. The molecule has 1 aliphatic rings. The Morgan fingerprint density at radius 3 is 2.60 bits per heavy atom. The molecule has 1 amide bonds. The Hall–Kier alpha value is -0.610. The lowest BCUT2D eigenvalue weighted by molar-refractivity contribution is -0.122. The normalized spacial score (nSPS) is 28.5. The maximum absolute atomic E-state index is 11.3. The Kier molecular flexibility index (Phi) is 5.05. The molecule has 0 aromatic heterocycles. The summed E-state index contributed by atoms with van der Waals surface area (Å²) in [5.41, 5.74) is 5.46. The van der Waals surface area contributed by atoms with Gasteiger partial charge in [-0.15, -0.1) is 0 Å². The fraction of sp³-hybridized carbons (Fsp3) is 0.909. The largest absolute Gasteiger partial charge is 0.396 e. The minimum absolute atomic E-state index is 0.0998. The van der Waals surface area contributed by atoms with E-state index >= 15 is 0 Å². The van der Waals surface area contributed by atoms with Crippen LogP contribution in [0.3, 0.4) is 0 Å². The lowest BCUT2D eigenvalue weighted by Gasteiger charge is -2.30. The van der Waals surface area contributed by atoms with Crippen molar-refractivity contribution in [2.75, 3.05) is 13.2 Å². The maximum Gasteiger partial charge on any atom is 0.236 e. The molecule has 0 bridgehead atoms. The van der Waals surface area contributed by atoms with Crippen molar-refractivity contribution in [3.63, 3.8) is 0 Å². The van der Waals surface area contributed by atoms with E-state index in [9.17, 15) is 9.90 Å². The molecule has 0 spiro atoms. The summed E-state index contributed by atoms with van der Waals surface area (Å²) in [6.45, 7) is 2.57. The average Bonchev–Trinajstić information content (AvgIpc) is 2.26. The molecular weight excluding hydrogens is 192 g/mol. The number of carbonyl (C=O) groups excluding carboxylic acids is 1. The van der Waals surface area contributed by atoms with E-state index in [1.165, 1.54) is 12.8 Å². The van der Waals surface area contributed by atoms with Gasteiger partial charge < -0.3 is 16.2 Å². The Balaban J connectivity index is 2.32. The smallest absolute Gasteiger partial charge is 0.236 e. The van der Waals surface area contributed by atoms with Gasteiger partial charge in [0.2, 0.25) is 5.91 Å².